The van der Waals surface area contributed by atoms with Gasteiger partial charge >= 0.3 is 0 Å². The summed E-state index contributed by atoms with van der Waals surface area (Å²) in [5, 5.41) is 12.0. The zero-order chi connectivity index (χ0) is 15.0. The van der Waals surface area contributed by atoms with Gasteiger partial charge in [-0.05, 0) is 12.8 Å². The van der Waals surface area contributed by atoms with Gasteiger partial charge in [0.05, 0.1) is 18.8 Å². The summed E-state index contributed by atoms with van der Waals surface area (Å²) < 4.78 is 10.8. The number of hydrogen-bond acceptors (Lipinski definition) is 5. The van der Waals surface area contributed by atoms with Gasteiger partial charge in [-0.15, -0.1) is 0 Å². The van der Waals surface area contributed by atoms with Gasteiger partial charge in [0.25, 0.3) is 0 Å². The third-order valence-corrected chi connectivity index (χ3v) is 5.01. The predicted molar refractivity (Wildman–Crippen MR) is 74.1 cm³/mol. The number of carbonyl (C=O) groups is 1. The topological polar surface area (TPSA) is 93.8 Å². The molecule has 1 aliphatic heterocycles. The second-order valence-electron chi connectivity index (χ2n) is 6.42. The van der Waals surface area contributed by atoms with Crippen molar-refractivity contribution in [1.82, 2.24) is 5.32 Å². The molecule has 0 aromatic carbocycles. The molecule has 2 fully saturated rings. The van der Waals surface area contributed by atoms with Gasteiger partial charge in [-0.2, -0.15) is 0 Å². The Bertz CT molecular complexity index is 368. The van der Waals surface area contributed by atoms with Crippen LogP contribution in [0.5, 0.6) is 0 Å². The molecular formula is C14H26N2O4. The van der Waals surface area contributed by atoms with E-state index in [0.29, 0.717) is 19.6 Å². The van der Waals surface area contributed by atoms with Crippen LogP contribution in [0.1, 0.15) is 26.7 Å². The maximum atomic E-state index is 12.6. The smallest absolute Gasteiger partial charge is 0.241 e. The SMILES string of the molecule is COCC(CCO)NC(=O)C1(N)C2CCOC2C1(C)C. The summed E-state index contributed by atoms with van der Waals surface area (Å²) in [4.78, 5) is 12.6. The van der Waals surface area contributed by atoms with Crippen LogP contribution in [0.15, 0.2) is 0 Å². The highest BCUT2D eigenvalue weighted by atomic mass is 16.5. The largest absolute Gasteiger partial charge is 0.396 e. The molecular weight excluding hydrogens is 260 g/mol. The summed E-state index contributed by atoms with van der Waals surface area (Å²) in [5.74, 6) is -0.0837. The number of carbonyl (C=O) groups excluding carboxylic acids is 1. The summed E-state index contributed by atoms with van der Waals surface area (Å²) in [6.07, 6.45) is 1.35. The summed E-state index contributed by atoms with van der Waals surface area (Å²) in [6, 6.07) is -0.213. The van der Waals surface area contributed by atoms with Crippen molar-refractivity contribution in [3.05, 3.63) is 0 Å². The fourth-order valence-corrected chi connectivity index (χ4v) is 3.70. The van der Waals surface area contributed by atoms with E-state index in [1.807, 2.05) is 13.8 Å². The highest BCUT2D eigenvalue weighted by Gasteiger charge is 2.71. The number of rotatable bonds is 6. The first kappa shape index (κ1) is 15.7. The first-order valence-electron chi connectivity index (χ1n) is 7.20. The minimum Gasteiger partial charge on any atom is -0.396 e. The Hall–Kier alpha value is -0.690. The monoisotopic (exact) mass is 286 g/mol. The Morgan fingerprint density at radius 1 is 1.60 bits per heavy atom. The van der Waals surface area contributed by atoms with Crippen molar-refractivity contribution < 1.29 is 19.4 Å². The van der Waals surface area contributed by atoms with E-state index in [1.54, 1.807) is 7.11 Å². The number of amides is 1. The van der Waals surface area contributed by atoms with Crippen molar-refractivity contribution in [2.75, 3.05) is 26.9 Å². The van der Waals surface area contributed by atoms with Gasteiger partial charge < -0.3 is 25.6 Å². The lowest BCUT2D eigenvalue weighted by Gasteiger charge is -2.60. The molecule has 116 valence electrons. The lowest BCUT2D eigenvalue weighted by molar-refractivity contribution is -0.176. The zero-order valence-electron chi connectivity index (χ0n) is 12.5. The molecule has 1 saturated heterocycles. The summed E-state index contributed by atoms with van der Waals surface area (Å²) >= 11 is 0. The molecule has 4 N–H and O–H groups in total. The summed E-state index contributed by atoms with van der Waals surface area (Å²) in [7, 11) is 1.57. The number of hydrogen-bond donors (Lipinski definition) is 3. The molecule has 2 aliphatic rings. The lowest BCUT2D eigenvalue weighted by atomic mass is 9.48. The van der Waals surface area contributed by atoms with Crippen molar-refractivity contribution in [1.29, 1.82) is 0 Å². The minimum atomic E-state index is -0.907. The van der Waals surface area contributed by atoms with Crippen LogP contribution in [0.3, 0.4) is 0 Å². The average Bonchev–Trinajstić information content (AvgIpc) is 2.86. The van der Waals surface area contributed by atoms with Gasteiger partial charge in [-0.3, -0.25) is 4.79 Å². The first-order valence-corrected chi connectivity index (χ1v) is 7.20. The number of nitrogens with one attached hydrogen (secondary N) is 1. The van der Waals surface area contributed by atoms with E-state index in [0.717, 1.165) is 6.42 Å². The van der Waals surface area contributed by atoms with Gasteiger partial charge in [0.2, 0.25) is 5.91 Å². The Morgan fingerprint density at radius 3 is 2.90 bits per heavy atom. The quantitative estimate of drug-likeness (QED) is 0.620. The van der Waals surface area contributed by atoms with Gasteiger partial charge in [-0.25, -0.2) is 0 Å². The molecule has 0 aromatic heterocycles. The molecule has 0 aromatic rings. The molecule has 20 heavy (non-hydrogen) atoms. The van der Waals surface area contributed by atoms with Crippen molar-refractivity contribution in [3.63, 3.8) is 0 Å². The minimum absolute atomic E-state index is 0.00440. The van der Waals surface area contributed by atoms with E-state index in [2.05, 4.69) is 5.32 Å². The Balaban J connectivity index is 2.07. The van der Waals surface area contributed by atoms with Gasteiger partial charge in [0.1, 0.15) is 5.54 Å². The van der Waals surface area contributed by atoms with Gasteiger partial charge in [0.15, 0.2) is 0 Å². The molecule has 6 heteroatoms. The molecule has 6 nitrogen and oxygen atoms in total. The predicted octanol–water partition coefficient (Wildman–Crippen LogP) is -0.358. The molecule has 1 heterocycles. The highest BCUT2D eigenvalue weighted by Crippen LogP contribution is 2.58. The third kappa shape index (κ3) is 2.15. The third-order valence-electron chi connectivity index (χ3n) is 5.01. The van der Waals surface area contributed by atoms with Crippen molar-refractivity contribution in [3.8, 4) is 0 Å². The Labute approximate surface area is 120 Å². The van der Waals surface area contributed by atoms with E-state index < -0.39 is 5.54 Å². The van der Waals surface area contributed by atoms with Crippen molar-refractivity contribution in [2.45, 2.75) is 44.4 Å². The molecule has 0 radical (unpaired) electrons. The number of fused-ring (bicyclic) bond motifs is 1. The van der Waals surface area contributed by atoms with Crippen LogP contribution >= 0.6 is 0 Å². The summed E-state index contributed by atoms with van der Waals surface area (Å²) in [6.45, 7) is 5.01. The number of nitrogens with two attached hydrogens (primary N) is 1. The summed E-state index contributed by atoms with van der Waals surface area (Å²) in [5.41, 5.74) is 5.17. The number of methoxy groups -OCH3 is 1. The van der Waals surface area contributed by atoms with Crippen LogP contribution in [-0.2, 0) is 14.3 Å². The fraction of sp³-hybridized carbons (Fsp3) is 0.929. The van der Waals surface area contributed by atoms with Crippen LogP contribution < -0.4 is 11.1 Å². The van der Waals surface area contributed by atoms with Crippen LogP contribution in [0.4, 0.5) is 0 Å². The molecule has 4 atom stereocenters. The normalized spacial score (nSPS) is 36.0. The van der Waals surface area contributed by atoms with Crippen molar-refractivity contribution >= 4 is 5.91 Å². The van der Waals surface area contributed by atoms with Gasteiger partial charge in [0, 0.05) is 31.7 Å². The van der Waals surface area contributed by atoms with E-state index >= 15 is 0 Å². The van der Waals surface area contributed by atoms with Crippen LogP contribution in [0, 0.1) is 11.3 Å². The Kier molecular flexibility index (Phi) is 4.39. The highest BCUT2D eigenvalue weighted by molar-refractivity contribution is 5.89. The number of aliphatic hydroxyl groups excluding tert-OH is 1. The zero-order valence-corrected chi connectivity index (χ0v) is 12.5. The van der Waals surface area contributed by atoms with E-state index in [-0.39, 0.29) is 36.0 Å². The molecule has 1 amide bonds. The molecule has 4 unspecified atom stereocenters. The van der Waals surface area contributed by atoms with Crippen LogP contribution in [0.25, 0.3) is 0 Å². The van der Waals surface area contributed by atoms with E-state index in [9.17, 15) is 4.79 Å². The lowest BCUT2D eigenvalue weighted by Crippen LogP contribution is -2.80. The standard InChI is InChI=1S/C14H26N2O4/c1-13(2)11-10(5-7-20-11)14(13,15)12(18)16-9(4-6-17)8-19-3/h9-11,17H,4-8,15H2,1-3H3,(H,16,18). The second-order valence-corrected chi connectivity index (χ2v) is 6.42. The Morgan fingerprint density at radius 2 is 2.30 bits per heavy atom. The van der Waals surface area contributed by atoms with E-state index in [4.69, 9.17) is 20.3 Å². The van der Waals surface area contributed by atoms with E-state index in [1.165, 1.54) is 0 Å². The molecule has 0 bridgehead atoms. The second kappa shape index (κ2) is 5.60. The molecule has 0 spiro atoms. The maximum Gasteiger partial charge on any atom is 0.241 e. The van der Waals surface area contributed by atoms with Gasteiger partial charge in [-0.1, -0.05) is 13.8 Å². The molecule has 1 aliphatic carbocycles. The van der Waals surface area contributed by atoms with Crippen LogP contribution in [0.2, 0.25) is 0 Å². The van der Waals surface area contributed by atoms with Crippen molar-refractivity contribution in [2.24, 2.45) is 17.1 Å². The number of aliphatic hydroxyl groups is 1. The number of ether oxygens (including phenoxy) is 2. The average molecular weight is 286 g/mol. The fourth-order valence-electron chi connectivity index (χ4n) is 3.70. The molecule has 2 rings (SSSR count). The maximum absolute atomic E-state index is 12.6. The molecule has 1 saturated carbocycles. The first-order chi connectivity index (χ1) is 9.39. The van der Waals surface area contributed by atoms with Crippen LogP contribution in [-0.4, -0.2) is 55.6 Å².